The number of ether oxygens (including phenoxy) is 2. The minimum atomic E-state index is -0.988. The molecule has 1 unspecified atom stereocenters. The van der Waals surface area contributed by atoms with Gasteiger partial charge in [0.25, 0.3) is 5.91 Å². The molecule has 1 amide bonds. The van der Waals surface area contributed by atoms with Crippen molar-refractivity contribution < 1.29 is 19.1 Å². The highest BCUT2D eigenvalue weighted by molar-refractivity contribution is 6.36. The summed E-state index contributed by atoms with van der Waals surface area (Å²) in [5, 5.41) is 3.35. The summed E-state index contributed by atoms with van der Waals surface area (Å²) in [5.41, 5.74) is 1.68. The zero-order valence-electron chi connectivity index (χ0n) is 13.7. The predicted molar refractivity (Wildman–Crippen MR) is 97.1 cm³/mol. The van der Waals surface area contributed by atoms with Gasteiger partial charge in [0.15, 0.2) is 6.10 Å². The summed E-state index contributed by atoms with van der Waals surface area (Å²) in [6, 6.07) is 11.5. The Balaban J connectivity index is 1.96. The number of rotatable bonds is 6. The molecule has 2 aromatic rings. The molecule has 0 aliphatic heterocycles. The molecule has 1 atom stereocenters. The summed E-state index contributed by atoms with van der Waals surface area (Å²) in [6.45, 7) is 1.94. The fraction of sp³-hybridized carbons (Fsp3) is 0.222. The van der Waals surface area contributed by atoms with Crippen LogP contribution in [0.25, 0.3) is 0 Å². The molecule has 0 fully saturated rings. The van der Waals surface area contributed by atoms with Crippen LogP contribution in [0.3, 0.4) is 0 Å². The van der Waals surface area contributed by atoms with Gasteiger partial charge in [-0.3, -0.25) is 4.79 Å². The molecule has 0 radical (unpaired) electrons. The van der Waals surface area contributed by atoms with Crippen LogP contribution in [-0.4, -0.2) is 25.1 Å². The minimum Gasteiger partial charge on any atom is -0.449 e. The van der Waals surface area contributed by atoms with Crippen LogP contribution in [0.5, 0.6) is 0 Å². The molecule has 0 aromatic heterocycles. The third-order valence-corrected chi connectivity index (χ3v) is 3.89. The second-order valence-corrected chi connectivity index (χ2v) is 6.13. The van der Waals surface area contributed by atoms with E-state index in [0.717, 1.165) is 5.56 Å². The van der Waals surface area contributed by atoms with Gasteiger partial charge in [0.1, 0.15) is 0 Å². The quantitative estimate of drug-likeness (QED) is 0.756. The molecule has 132 valence electrons. The Kier molecular flexibility index (Phi) is 6.82. The van der Waals surface area contributed by atoms with Crippen LogP contribution >= 0.6 is 23.2 Å². The molecular weight excluding hydrogens is 365 g/mol. The normalized spacial score (nSPS) is 11.7. The van der Waals surface area contributed by atoms with Crippen molar-refractivity contribution in [2.75, 3.05) is 12.4 Å². The van der Waals surface area contributed by atoms with Gasteiger partial charge < -0.3 is 14.8 Å². The lowest BCUT2D eigenvalue weighted by molar-refractivity contribution is -0.123. The van der Waals surface area contributed by atoms with Gasteiger partial charge in [-0.25, -0.2) is 4.79 Å². The summed E-state index contributed by atoms with van der Waals surface area (Å²) in [5.74, 6) is -1.08. The van der Waals surface area contributed by atoms with Gasteiger partial charge in [-0.05, 0) is 42.8 Å². The maximum Gasteiger partial charge on any atom is 0.338 e. The molecule has 5 nitrogen and oxygen atoms in total. The number of halogens is 2. The molecule has 0 saturated carbocycles. The molecule has 2 aromatic carbocycles. The zero-order chi connectivity index (χ0) is 18.4. The second kappa shape index (κ2) is 8.85. The molecule has 0 bridgehead atoms. The van der Waals surface area contributed by atoms with Crippen molar-refractivity contribution in [2.45, 2.75) is 19.6 Å². The Morgan fingerprint density at radius 1 is 1.12 bits per heavy atom. The van der Waals surface area contributed by atoms with Gasteiger partial charge in [0, 0.05) is 12.1 Å². The third-order valence-electron chi connectivity index (χ3n) is 3.34. The van der Waals surface area contributed by atoms with Gasteiger partial charge in [-0.15, -0.1) is 0 Å². The number of methoxy groups -OCH3 is 1. The van der Waals surface area contributed by atoms with Gasteiger partial charge in [-0.1, -0.05) is 35.3 Å². The van der Waals surface area contributed by atoms with E-state index in [2.05, 4.69) is 5.32 Å². The molecular formula is C18H17Cl2NO4. The van der Waals surface area contributed by atoms with Crippen LogP contribution in [0, 0.1) is 0 Å². The second-order valence-electron chi connectivity index (χ2n) is 5.29. The number of anilines is 1. The molecule has 0 aliphatic carbocycles. The fourth-order valence-corrected chi connectivity index (χ4v) is 2.47. The van der Waals surface area contributed by atoms with Gasteiger partial charge >= 0.3 is 5.97 Å². The van der Waals surface area contributed by atoms with Crippen LogP contribution in [-0.2, 0) is 20.9 Å². The molecule has 0 spiro atoms. The highest BCUT2D eigenvalue weighted by Gasteiger charge is 2.20. The third kappa shape index (κ3) is 5.46. The topological polar surface area (TPSA) is 64.6 Å². The van der Waals surface area contributed by atoms with Crippen molar-refractivity contribution in [1.82, 2.24) is 0 Å². The molecule has 0 saturated heterocycles. The summed E-state index contributed by atoms with van der Waals surface area (Å²) in [4.78, 5) is 24.3. The first-order valence-corrected chi connectivity index (χ1v) is 8.21. The van der Waals surface area contributed by atoms with E-state index >= 15 is 0 Å². The zero-order valence-corrected chi connectivity index (χ0v) is 15.2. The van der Waals surface area contributed by atoms with E-state index in [1.165, 1.54) is 13.0 Å². The van der Waals surface area contributed by atoms with Crippen molar-refractivity contribution in [1.29, 1.82) is 0 Å². The summed E-state index contributed by atoms with van der Waals surface area (Å²) in [6.07, 6.45) is -0.988. The van der Waals surface area contributed by atoms with E-state index < -0.39 is 18.0 Å². The first-order valence-electron chi connectivity index (χ1n) is 7.45. The Morgan fingerprint density at radius 3 is 2.40 bits per heavy atom. The maximum absolute atomic E-state index is 12.2. The molecule has 0 aliphatic rings. The number of hydrogen-bond donors (Lipinski definition) is 1. The monoisotopic (exact) mass is 381 g/mol. The lowest BCUT2D eigenvalue weighted by Crippen LogP contribution is -2.30. The standard InChI is InChI=1S/C18H17Cl2NO4/c1-11(17(22)21-16-8-7-14(19)9-15(16)20)25-18(23)13-5-3-12(4-6-13)10-24-2/h3-9,11H,10H2,1-2H3,(H,21,22). The van der Waals surface area contributed by atoms with Gasteiger partial charge in [0.2, 0.25) is 0 Å². The predicted octanol–water partition coefficient (Wildman–Crippen LogP) is 4.32. The van der Waals surface area contributed by atoms with E-state index in [4.69, 9.17) is 32.7 Å². The molecule has 25 heavy (non-hydrogen) atoms. The van der Waals surface area contributed by atoms with Crippen LogP contribution in [0.4, 0.5) is 5.69 Å². The Morgan fingerprint density at radius 2 is 1.80 bits per heavy atom. The van der Waals surface area contributed by atoms with Crippen molar-refractivity contribution in [3.63, 3.8) is 0 Å². The van der Waals surface area contributed by atoms with Crippen molar-refractivity contribution in [3.05, 3.63) is 63.6 Å². The largest absolute Gasteiger partial charge is 0.449 e. The van der Waals surface area contributed by atoms with E-state index in [0.29, 0.717) is 27.9 Å². The Bertz CT molecular complexity index is 762. The number of nitrogens with one attached hydrogen (secondary N) is 1. The highest BCUT2D eigenvalue weighted by Crippen LogP contribution is 2.25. The summed E-state index contributed by atoms with van der Waals surface area (Å²) in [7, 11) is 1.59. The number of carbonyl (C=O) groups is 2. The molecule has 2 rings (SSSR count). The number of amides is 1. The van der Waals surface area contributed by atoms with Crippen LogP contribution < -0.4 is 5.32 Å². The summed E-state index contributed by atoms with van der Waals surface area (Å²) >= 11 is 11.8. The average Bonchev–Trinajstić information content (AvgIpc) is 2.58. The maximum atomic E-state index is 12.2. The smallest absolute Gasteiger partial charge is 0.338 e. The first kappa shape index (κ1) is 19.2. The van der Waals surface area contributed by atoms with Gasteiger partial charge in [0.05, 0.1) is 22.9 Å². The Labute approximate surface area is 155 Å². The Hall–Kier alpha value is -2.08. The fourth-order valence-electron chi connectivity index (χ4n) is 2.01. The highest BCUT2D eigenvalue weighted by atomic mass is 35.5. The molecule has 1 N–H and O–H groups in total. The van der Waals surface area contributed by atoms with Crippen molar-refractivity contribution in [2.24, 2.45) is 0 Å². The van der Waals surface area contributed by atoms with Crippen LogP contribution in [0.1, 0.15) is 22.8 Å². The number of hydrogen-bond acceptors (Lipinski definition) is 4. The lowest BCUT2D eigenvalue weighted by Gasteiger charge is -2.14. The van der Waals surface area contributed by atoms with E-state index in [1.807, 2.05) is 0 Å². The lowest BCUT2D eigenvalue weighted by atomic mass is 10.1. The van der Waals surface area contributed by atoms with E-state index in [9.17, 15) is 9.59 Å². The SMILES string of the molecule is COCc1ccc(C(=O)OC(C)C(=O)Nc2ccc(Cl)cc2Cl)cc1. The number of carbonyl (C=O) groups excluding carboxylic acids is 2. The first-order chi connectivity index (χ1) is 11.9. The minimum absolute atomic E-state index is 0.299. The molecule has 0 heterocycles. The van der Waals surface area contributed by atoms with Gasteiger partial charge in [-0.2, -0.15) is 0 Å². The van der Waals surface area contributed by atoms with Crippen LogP contribution in [0.15, 0.2) is 42.5 Å². The number of esters is 1. The molecule has 7 heteroatoms. The van der Waals surface area contributed by atoms with E-state index in [1.54, 1.807) is 43.5 Å². The van der Waals surface area contributed by atoms with E-state index in [-0.39, 0.29) is 0 Å². The van der Waals surface area contributed by atoms with Crippen LogP contribution in [0.2, 0.25) is 10.0 Å². The van der Waals surface area contributed by atoms with Crippen molar-refractivity contribution >= 4 is 40.8 Å². The summed E-state index contributed by atoms with van der Waals surface area (Å²) < 4.78 is 10.2. The number of benzene rings is 2. The average molecular weight is 382 g/mol. The van der Waals surface area contributed by atoms with Crippen molar-refractivity contribution in [3.8, 4) is 0 Å².